The Bertz CT molecular complexity index is 324. The summed E-state index contributed by atoms with van der Waals surface area (Å²) in [5, 5.41) is 0. The van der Waals surface area contributed by atoms with Crippen molar-refractivity contribution in [3.05, 3.63) is 22.7 Å². The molecule has 0 saturated carbocycles. The van der Waals surface area contributed by atoms with E-state index in [1.165, 1.54) is 12.4 Å². The van der Waals surface area contributed by atoms with Crippen LogP contribution >= 0.6 is 0 Å². The third-order valence-corrected chi connectivity index (χ3v) is 1.78. The van der Waals surface area contributed by atoms with Crippen molar-refractivity contribution in [1.82, 2.24) is 9.97 Å². The number of aromatic amines is 1. The summed E-state index contributed by atoms with van der Waals surface area (Å²) in [6, 6.07) is 0. The molecule has 0 aromatic carbocycles. The van der Waals surface area contributed by atoms with Gasteiger partial charge in [0.2, 0.25) is 0 Å². The summed E-state index contributed by atoms with van der Waals surface area (Å²) in [5.41, 5.74) is -0.314. The fourth-order valence-corrected chi connectivity index (χ4v) is 0.987. The fourth-order valence-electron chi connectivity index (χ4n) is 0.987. The average Bonchev–Trinajstić information content (AvgIpc) is 2.25. The Labute approximate surface area is 88.4 Å². The third-order valence-electron chi connectivity index (χ3n) is 1.78. The number of ether oxygens (including phenoxy) is 2. The number of nitrogens with one attached hydrogen (secondary N) is 1. The number of rotatable bonds is 7. The van der Waals surface area contributed by atoms with Crippen LogP contribution in [0.25, 0.3) is 0 Å². The number of aromatic nitrogens is 2. The summed E-state index contributed by atoms with van der Waals surface area (Å²) < 4.78 is 10.4. The molecule has 0 aliphatic rings. The van der Waals surface area contributed by atoms with E-state index < -0.39 is 0 Å². The van der Waals surface area contributed by atoms with Crippen molar-refractivity contribution in [2.75, 3.05) is 19.8 Å². The second-order valence-electron chi connectivity index (χ2n) is 3.04. The second-order valence-corrected chi connectivity index (χ2v) is 3.04. The molecule has 1 rings (SSSR count). The molecule has 0 fully saturated rings. The lowest BCUT2D eigenvalue weighted by Crippen LogP contribution is -2.15. The Morgan fingerprint density at radius 1 is 1.40 bits per heavy atom. The van der Waals surface area contributed by atoms with E-state index in [2.05, 4.69) is 16.9 Å². The van der Waals surface area contributed by atoms with Gasteiger partial charge in [-0.05, 0) is 6.42 Å². The first-order valence-electron chi connectivity index (χ1n) is 5.09. The fraction of sp³-hybridized carbons (Fsp3) is 0.600. The van der Waals surface area contributed by atoms with Crippen LogP contribution in [0.3, 0.4) is 0 Å². The maximum absolute atomic E-state index is 11.1. The van der Waals surface area contributed by atoms with Crippen molar-refractivity contribution in [3.8, 4) is 5.88 Å². The van der Waals surface area contributed by atoms with E-state index in [1.54, 1.807) is 0 Å². The Hall–Kier alpha value is -1.36. The van der Waals surface area contributed by atoms with Crippen LogP contribution in [0, 0.1) is 0 Å². The topological polar surface area (TPSA) is 64.2 Å². The van der Waals surface area contributed by atoms with Crippen LogP contribution < -0.4 is 10.3 Å². The second kappa shape index (κ2) is 7.00. The van der Waals surface area contributed by atoms with Gasteiger partial charge in [0.25, 0.3) is 5.88 Å². The molecular formula is C10H16N2O3. The van der Waals surface area contributed by atoms with Gasteiger partial charge in [0, 0.05) is 19.0 Å². The van der Waals surface area contributed by atoms with Crippen molar-refractivity contribution in [2.45, 2.75) is 19.8 Å². The van der Waals surface area contributed by atoms with E-state index in [0.29, 0.717) is 13.2 Å². The van der Waals surface area contributed by atoms with Crippen LogP contribution in [-0.2, 0) is 4.74 Å². The minimum absolute atomic E-state index is 0.0941. The van der Waals surface area contributed by atoms with Gasteiger partial charge in [-0.25, -0.2) is 4.98 Å². The van der Waals surface area contributed by atoms with Crippen LogP contribution in [0.5, 0.6) is 5.88 Å². The predicted molar refractivity (Wildman–Crippen MR) is 56.1 cm³/mol. The van der Waals surface area contributed by atoms with E-state index >= 15 is 0 Å². The molecule has 5 nitrogen and oxygen atoms in total. The Morgan fingerprint density at radius 3 is 3.00 bits per heavy atom. The molecule has 0 aliphatic heterocycles. The van der Waals surface area contributed by atoms with Gasteiger partial charge in [0.15, 0.2) is 0 Å². The summed E-state index contributed by atoms with van der Waals surface area (Å²) in [6.45, 7) is 3.67. The van der Waals surface area contributed by atoms with Gasteiger partial charge in [-0.15, -0.1) is 0 Å². The van der Waals surface area contributed by atoms with Gasteiger partial charge >= 0.3 is 5.56 Å². The molecule has 5 heteroatoms. The summed E-state index contributed by atoms with van der Waals surface area (Å²) >= 11 is 0. The van der Waals surface area contributed by atoms with E-state index in [0.717, 1.165) is 19.4 Å². The molecule has 0 aliphatic carbocycles. The smallest absolute Gasteiger partial charge is 0.310 e. The lowest BCUT2D eigenvalue weighted by Gasteiger charge is -2.04. The van der Waals surface area contributed by atoms with Gasteiger partial charge in [0.1, 0.15) is 6.61 Å². The third kappa shape index (κ3) is 4.60. The highest BCUT2D eigenvalue weighted by atomic mass is 16.5. The zero-order valence-electron chi connectivity index (χ0n) is 8.86. The number of hydrogen-bond acceptors (Lipinski definition) is 4. The largest absolute Gasteiger partial charge is 0.471 e. The summed E-state index contributed by atoms with van der Waals surface area (Å²) in [7, 11) is 0. The summed E-state index contributed by atoms with van der Waals surface area (Å²) in [5.74, 6) is 0.0941. The van der Waals surface area contributed by atoms with E-state index in [4.69, 9.17) is 9.47 Å². The number of H-pyrrole nitrogens is 1. The summed E-state index contributed by atoms with van der Waals surface area (Å²) in [4.78, 5) is 17.4. The van der Waals surface area contributed by atoms with Crippen LogP contribution in [0.4, 0.5) is 0 Å². The van der Waals surface area contributed by atoms with Crippen LogP contribution in [0.1, 0.15) is 19.8 Å². The molecule has 1 N–H and O–H groups in total. The molecule has 84 valence electrons. The molecule has 0 atom stereocenters. The minimum Gasteiger partial charge on any atom is -0.471 e. The molecule has 0 spiro atoms. The number of unbranched alkanes of at least 4 members (excludes halogenated alkanes) is 1. The molecule has 1 heterocycles. The van der Waals surface area contributed by atoms with E-state index in [-0.39, 0.29) is 11.4 Å². The highest BCUT2D eigenvalue weighted by molar-refractivity contribution is 5.01. The molecule has 15 heavy (non-hydrogen) atoms. The quantitative estimate of drug-likeness (QED) is 0.684. The monoisotopic (exact) mass is 212 g/mol. The highest BCUT2D eigenvalue weighted by Crippen LogP contribution is 1.93. The molecule has 0 saturated heterocycles. The lowest BCUT2D eigenvalue weighted by atomic mass is 10.4. The SMILES string of the molecule is CCCCOCCOc1ncc[nH]c1=O. The van der Waals surface area contributed by atoms with Gasteiger partial charge in [0.05, 0.1) is 6.61 Å². The number of hydrogen-bond donors (Lipinski definition) is 1. The van der Waals surface area contributed by atoms with E-state index in [9.17, 15) is 4.79 Å². The zero-order valence-corrected chi connectivity index (χ0v) is 8.86. The molecule has 0 bridgehead atoms. The first kappa shape index (κ1) is 11.7. The average molecular weight is 212 g/mol. The van der Waals surface area contributed by atoms with Crippen molar-refractivity contribution in [3.63, 3.8) is 0 Å². The van der Waals surface area contributed by atoms with Crippen molar-refractivity contribution in [1.29, 1.82) is 0 Å². The lowest BCUT2D eigenvalue weighted by molar-refractivity contribution is 0.0959. The van der Waals surface area contributed by atoms with Gasteiger partial charge in [-0.3, -0.25) is 4.79 Å². The van der Waals surface area contributed by atoms with Crippen LogP contribution in [-0.4, -0.2) is 29.8 Å². The Balaban J connectivity index is 2.15. The summed E-state index contributed by atoms with van der Waals surface area (Å²) in [6.07, 6.45) is 5.10. The zero-order chi connectivity index (χ0) is 10.9. The predicted octanol–water partition coefficient (Wildman–Crippen LogP) is 0.965. The molecule has 1 aromatic heterocycles. The van der Waals surface area contributed by atoms with Crippen molar-refractivity contribution >= 4 is 0 Å². The van der Waals surface area contributed by atoms with Gasteiger partial charge in [-0.2, -0.15) is 0 Å². The molecule has 0 radical (unpaired) electrons. The first-order valence-corrected chi connectivity index (χ1v) is 5.09. The van der Waals surface area contributed by atoms with Gasteiger partial charge in [-0.1, -0.05) is 13.3 Å². The maximum atomic E-state index is 11.1. The normalized spacial score (nSPS) is 10.2. The molecular weight excluding hydrogens is 196 g/mol. The van der Waals surface area contributed by atoms with E-state index in [1.807, 2.05) is 0 Å². The van der Waals surface area contributed by atoms with Gasteiger partial charge < -0.3 is 14.5 Å². The van der Waals surface area contributed by atoms with Crippen molar-refractivity contribution < 1.29 is 9.47 Å². The van der Waals surface area contributed by atoms with Crippen molar-refractivity contribution in [2.24, 2.45) is 0 Å². The Kier molecular flexibility index (Phi) is 5.47. The highest BCUT2D eigenvalue weighted by Gasteiger charge is 1.99. The molecule has 0 unspecified atom stereocenters. The maximum Gasteiger partial charge on any atom is 0.310 e. The Morgan fingerprint density at radius 2 is 2.27 bits per heavy atom. The van der Waals surface area contributed by atoms with Crippen LogP contribution in [0.2, 0.25) is 0 Å². The number of nitrogens with zero attached hydrogens (tertiary/aromatic N) is 1. The van der Waals surface area contributed by atoms with Crippen LogP contribution in [0.15, 0.2) is 17.2 Å². The first-order chi connectivity index (χ1) is 7.34. The molecule has 1 aromatic rings. The molecule has 0 amide bonds. The standard InChI is InChI=1S/C10H16N2O3/c1-2-3-6-14-7-8-15-10-9(13)11-4-5-12-10/h4-5H,2-3,6-8H2,1H3,(H,11,13). The minimum atomic E-state index is -0.314.